The van der Waals surface area contributed by atoms with Gasteiger partial charge >= 0.3 is 5.97 Å². The van der Waals surface area contributed by atoms with E-state index in [1.165, 1.54) is 22.5 Å². The van der Waals surface area contributed by atoms with Crippen LogP contribution in [0.3, 0.4) is 0 Å². The van der Waals surface area contributed by atoms with Crippen LogP contribution in [0.2, 0.25) is 0 Å². The van der Waals surface area contributed by atoms with Gasteiger partial charge in [0.15, 0.2) is 0 Å². The van der Waals surface area contributed by atoms with E-state index in [1.54, 1.807) is 0 Å². The lowest BCUT2D eigenvalue weighted by Crippen LogP contribution is -2.36. The van der Waals surface area contributed by atoms with Crippen LogP contribution in [0.1, 0.15) is 24.0 Å². The molecular weight excluding hydrogens is 363 g/mol. The second-order valence-corrected chi connectivity index (χ2v) is 9.53. The van der Waals surface area contributed by atoms with Crippen molar-refractivity contribution in [3.8, 4) is 0 Å². The fourth-order valence-electron chi connectivity index (χ4n) is 4.41. The summed E-state index contributed by atoms with van der Waals surface area (Å²) in [6.45, 7) is 0. The molecule has 1 N–H and O–H groups in total. The maximum absolute atomic E-state index is 11.8. The van der Waals surface area contributed by atoms with Crippen molar-refractivity contribution in [2.75, 3.05) is 6.16 Å². The molecule has 0 amide bonds. The molecule has 1 atom stereocenters. The molecule has 1 saturated heterocycles. The summed E-state index contributed by atoms with van der Waals surface area (Å²) >= 11 is 0. The third kappa shape index (κ3) is 3.30. The van der Waals surface area contributed by atoms with Crippen molar-refractivity contribution in [2.24, 2.45) is 0 Å². The highest BCUT2D eigenvalue weighted by Crippen LogP contribution is 2.66. The normalized spacial score (nSPS) is 20.0. The van der Waals surface area contributed by atoms with E-state index in [0.717, 1.165) is 24.6 Å². The van der Waals surface area contributed by atoms with E-state index >= 15 is 0 Å². The maximum atomic E-state index is 11.8. The number of rotatable bonds is 4. The van der Waals surface area contributed by atoms with Crippen LogP contribution in [0.25, 0.3) is 0 Å². The van der Waals surface area contributed by atoms with Gasteiger partial charge in [-0.1, -0.05) is 98.9 Å². The molecule has 2 nitrogen and oxygen atoms in total. The third-order valence-electron chi connectivity index (χ3n) is 5.45. The van der Waals surface area contributed by atoms with Gasteiger partial charge < -0.3 is 5.11 Å². The summed E-state index contributed by atoms with van der Waals surface area (Å²) in [6.07, 6.45) is 4.38. The van der Waals surface area contributed by atoms with E-state index in [4.69, 9.17) is 0 Å². The van der Waals surface area contributed by atoms with Crippen molar-refractivity contribution in [3.05, 3.63) is 114 Å². The van der Waals surface area contributed by atoms with Crippen molar-refractivity contribution >= 4 is 19.2 Å². The maximum Gasteiger partial charge on any atom is 0.328 e. The molecule has 0 saturated carbocycles. The van der Waals surface area contributed by atoms with Crippen LogP contribution >= 0.6 is 7.92 Å². The summed E-state index contributed by atoms with van der Waals surface area (Å²) in [6, 6.07) is 31.6. The molecule has 28 heavy (non-hydrogen) atoms. The highest BCUT2D eigenvalue weighted by atomic mass is 31.1. The average molecular weight is 386 g/mol. The molecule has 1 aliphatic rings. The predicted molar refractivity (Wildman–Crippen MR) is 116 cm³/mol. The van der Waals surface area contributed by atoms with Crippen LogP contribution in [-0.2, 0) is 9.95 Å². The molecule has 1 fully saturated rings. The first-order valence-corrected chi connectivity index (χ1v) is 11.1. The molecule has 0 aromatic heterocycles. The van der Waals surface area contributed by atoms with Gasteiger partial charge in [-0.25, -0.2) is 4.79 Å². The molecule has 140 valence electrons. The topological polar surface area (TPSA) is 37.3 Å². The lowest BCUT2D eigenvalue weighted by atomic mass is 9.81. The van der Waals surface area contributed by atoms with Crippen molar-refractivity contribution in [1.29, 1.82) is 0 Å². The van der Waals surface area contributed by atoms with Crippen molar-refractivity contribution in [2.45, 2.75) is 18.0 Å². The lowest BCUT2D eigenvalue weighted by Gasteiger charge is -2.48. The third-order valence-corrected chi connectivity index (χ3v) is 8.74. The summed E-state index contributed by atoms with van der Waals surface area (Å²) in [5.41, 5.74) is 3.38. The molecule has 1 heterocycles. The van der Waals surface area contributed by atoms with Crippen LogP contribution < -0.4 is 5.30 Å². The average Bonchev–Trinajstić information content (AvgIpc) is 2.75. The first kappa shape index (κ1) is 18.7. The lowest BCUT2D eigenvalue weighted by molar-refractivity contribution is -0.131. The Hall–Kier alpha value is -2.70. The Balaban J connectivity index is 2.07. The SMILES string of the molecule is O=C(O)C=C1CCCP(c2ccccc2)C1(c1ccccc1)c1ccccc1. The fourth-order valence-corrected chi connectivity index (χ4v) is 7.85. The van der Waals surface area contributed by atoms with Gasteiger partial charge in [0.05, 0.1) is 5.16 Å². The summed E-state index contributed by atoms with van der Waals surface area (Å²) in [5.74, 6) is -0.865. The first-order chi connectivity index (χ1) is 13.7. The van der Waals surface area contributed by atoms with E-state index in [0.29, 0.717) is 0 Å². The van der Waals surface area contributed by atoms with Crippen LogP contribution in [0.5, 0.6) is 0 Å². The number of hydrogen-bond donors (Lipinski definition) is 1. The van der Waals surface area contributed by atoms with E-state index < -0.39 is 19.0 Å². The largest absolute Gasteiger partial charge is 0.478 e. The molecule has 0 bridgehead atoms. The first-order valence-electron chi connectivity index (χ1n) is 9.60. The molecule has 0 aliphatic carbocycles. The Morgan fingerprint density at radius 3 is 1.82 bits per heavy atom. The number of carboxylic acids is 1. The van der Waals surface area contributed by atoms with Gasteiger partial charge in [-0.3, -0.25) is 0 Å². The Bertz CT molecular complexity index is 926. The quantitative estimate of drug-likeness (QED) is 0.472. The van der Waals surface area contributed by atoms with Gasteiger partial charge in [0.2, 0.25) is 0 Å². The van der Waals surface area contributed by atoms with Gasteiger partial charge in [0.1, 0.15) is 0 Å². The number of carbonyl (C=O) groups is 1. The number of benzene rings is 3. The smallest absolute Gasteiger partial charge is 0.328 e. The molecule has 3 aromatic rings. The van der Waals surface area contributed by atoms with Crippen LogP contribution in [0, 0.1) is 0 Å². The van der Waals surface area contributed by atoms with Gasteiger partial charge in [0.25, 0.3) is 0 Å². The zero-order valence-corrected chi connectivity index (χ0v) is 16.6. The number of carboxylic acid groups (broad SMARTS) is 1. The predicted octanol–water partition coefficient (Wildman–Crippen LogP) is 5.54. The Morgan fingerprint density at radius 2 is 1.32 bits per heavy atom. The Kier molecular flexibility index (Phi) is 5.41. The molecule has 0 spiro atoms. The zero-order valence-electron chi connectivity index (χ0n) is 15.7. The van der Waals surface area contributed by atoms with Gasteiger partial charge in [-0.2, -0.15) is 0 Å². The molecule has 4 rings (SSSR count). The van der Waals surface area contributed by atoms with E-state index in [-0.39, 0.29) is 0 Å². The van der Waals surface area contributed by atoms with Crippen molar-refractivity contribution < 1.29 is 9.90 Å². The van der Waals surface area contributed by atoms with E-state index in [1.807, 2.05) is 18.2 Å². The second kappa shape index (κ2) is 8.12. The second-order valence-electron chi connectivity index (χ2n) is 7.04. The minimum Gasteiger partial charge on any atom is -0.478 e. The standard InChI is InChI=1S/C25H23O2P/c26-24(27)19-22-15-10-18-28(23-16-8-3-9-17-23)25(22,20-11-4-1-5-12-20)21-13-6-2-7-14-21/h1-9,11-14,16-17,19H,10,15,18H2,(H,26,27). The summed E-state index contributed by atoms with van der Waals surface area (Å²) in [7, 11) is -0.669. The Morgan fingerprint density at radius 1 is 0.821 bits per heavy atom. The van der Waals surface area contributed by atoms with Crippen LogP contribution in [0.4, 0.5) is 0 Å². The number of allylic oxidation sites excluding steroid dienone is 1. The highest BCUT2D eigenvalue weighted by molar-refractivity contribution is 7.67. The molecular formula is C25H23O2P. The minimum atomic E-state index is -0.865. The van der Waals surface area contributed by atoms with Gasteiger partial charge in [0, 0.05) is 6.08 Å². The molecule has 1 aliphatic heterocycles. The molecule has 0 radical (unpaired) electrons. The number of hydrogen-bond acceptors (Lipinski definition) is 1. The fraction of sp³-hybridized carbons (Fsp3) is 0.160. The van der Waals surface area contributed by atoms with Crippen LogP contribution in [-0.4, -0.2) is 17.2 Å². The summed E-state index contributed by atoms with van der Waals surface area (Å²) < 4.78 is 0. The number of aliphatic carboxylic acids is 1. The van der Waals surface area contributed by atoms with Gasteiger partial charge in [-0.15, -0.1) is 0 Å². The van der Waals surface area contributed by atoms with E-state index in [9.17, 15) is 9.90 Å². The molecule has 3 aromatic carbocycles. The summed E-state index contributed by atoms with van der Waals surface area (Å²) in [5, 5.41) is 10.6. The molecule has 3 heteroatoms. The summed E-state index contributed by atoms with van der Waals surface area (Å²) in [4.78, 5) is 11.8. The van der Waals surface area contributed by atoms with E-state index in [2.05, 4.69) is 72.8 Å². The Labute approximate surface area is 167 Å². The molecule has 1 unspecified atom stereocenters. The highest BCUT2D eigenvalue weighted by Gasteiger charge is 2.47. The van der Waals surface area contributed by atoms with Gasteiger partial charge in [-0.05, 0) is 41.0 Å². The van der Waals surface area contributed by atoms with Crippen LogP contribution in [0.15, 0.2) is 103 Å². The monoisotopic (exact) mass is 386 g/mol. The van der Waals surface area contributed by atoms with Crippen molar-refractivity contribution in [3.63, 3.8) is 0 Å². The van der Waals surface area contributed by atoms with Crippen molar-refractivity contribution in [1.82, 2.24) is 0 Å². The minimum absolute atomic E-state index is 0.421. The zero-order chi connectivity index (χ0) is 19.4.